The smallest absolute Gasteiger partial charge is 0.180 e. The molecule has 25 heavy (non-hydrogen) atoms. The van der Waals surface area contributed by atoms with Crippen LogP contribution < -0.4 is 5.32 Å². The second-order valence-corrected chi connectivity index (χ2v) is 6.01. The van der Waals surface area contributed by atoms with Gasteiger partial charge in [-0.3, -0.25) is 9.67 Å². The summed E-state index contributed by atoms with van der Waals surface area (Å²) in [5, 5.41) is 7.86. The van der Waals surface area contributed by atoms with Crippen molar-refractivity contribution in [1.29, 1.82) is 0 Å². The normalized spacial score (nSPS) is 11.0. The molecule has 0 aliphatic rings. The third-order valence-corrected chi connectivity index (χ3v) is 3.97. The van der Waals surface area contributed by atoms with Gasteiger partial charge in [-0.05, 0) is 49.7 Å². The molecule has 0 saturated heterocycles. The Bertz CT molecular complexity index is 1040. The minimum absolute atomic E-state index is 0.631. The average Bonchev–Trinajstić information content (AvgIpc) is 2.92. The van der Waals surface area contributed by atoms with Crippen LogP contribution in [0.3, 0.4) is 0 Å². The first-order valence-electron chi connectivity index (χ1n) is 8.12. The Kier molecular flexibility index (Phi) is 3.85. The average molecular weight is 330 g/mol. The van der Waals surface area contributed by atoms with Crippen molar-refractivity contribution in [3.8, 4) is 0 Å². The van der Waals surface area contributed by atoms with E-state index in [1.165, 1.54) is 5.56 Å². The van der Waals surface area contributed by atoms with Crippen LogP contribution in [0.1, 0.15) is 17.0 Å². The number of benzene rings is 1. The lowest BCUT2D eigenvalue weighted by atomic mass is 10.2. The summed E-state index contributed by atoms with van der Waals surface area (Å²) >= 11 is 0. The number of hydrogen-bond acceptors (Lipinski definition) is 5. The zero-order valence-electron chi connectivity index (χ0n) is 14.1. The van der Waals surface area contributed by atoms with E-state index in [2.05, 4.69) is 50.5 Å². The summed E-state index contributed by atoms with van der Waals surface area (Å²) in [5.41, 5.74) is 5.77. The van der Waals surface area contributed by atoms with Gasteiger partial charge >= 0.3 is 0 Å². The van der Waals surface area contributed by atoms with Crippen LogP contribution in [-0.4, -0.2) is 24.7 Å². The van der Waals surface area contributed by atoms with Gasteiger partial charge in [-0.25, -0.2) is 9.97 Å². The molecule has 0 radical (unpaired) electrons. The topological polar surface area (TPSA) is 68.5 Å². The van der Waals surface area contributed by atoms with E-state index in [4.69, 9.17) is 0 Å². The molecule has 0 aliphatic heterocycles. The number of hydrogen-bond donors (Lipinski definition) is 1. The van der Waals surface area contributed by atoms with Crippen LogP contribution in [0.4, 0.5) is 11.5 Å². The van der Waals surface area contributed by atoms with Crippen molar-refractivity contribution < 1.29 is 0 Å². The lowest BCUT2D eigenvalue weighted by Crippen LogP contribution is -2.04. The molecule has 0 bridgehead atoms. The summed E-state index contributed by atoms with van der Waals surface area (Å²) in [5.74, 6) is 0.747. The molecule has 6 heteroatoms. The number of nitrogens with zero attached hydrogens (tertiary/aromatic N) is 5. The minimum atomic E-state index is 0.631. The van der Waals surface area contributed by atoms with E-state index in [-0.39, 0.29) is 0 Å². The molecule has 0 amide bonds. The quantitative estimate of drug-likeness (QED) is 0.619. The van der Waals surface area contributed by atoms with E-state index >= 15 is 0 Å². The number of aromatic nitrogens is 5. The Morgan fingerprint density at radius 3 is 2.72 bits per heavy atom. The summed E-state index contributed by atoms with van der Waals surface area (Å²) in [7, 11) is 0. The van der Waals surface area contributed by atoms with Gasteiger partial charge in [0.1, 0.15) is 11.3 Å². The van der Waals surface area contributed by atoms with E-state index in [0.717, 1.165) is 35.0 Å². The van der Waals surface area contributed by atoms with Gasteiger partial charge in [0.2, 0.25) is 0 Å². The molecule has 3 heterocycles. The third kappa shape index (κ3) is 3.33. The van der Waals surface area contributed by atoms with Crippen LogP contribution in [-0.2, 0) is 6.54 Å². The van der Waals surface area contributed by atoms with Crippen LogP contribution >= 0.6 is 0 Å². The lowest BCUT2D eigenvalue weighted by molar-refractivity contribution is 0.659. The summed E-state index contributed by atoms with van der Waals surface area (Å²) in [4.78, 5) is 13.0. The second kappa shape index (κ2) is 6.32. The highest BCUT2D eigenvalue weighted by Crippen LogP contribution is 2.19. The molecule has 3 aromatic heterocycles. The molecule has 1 aromatic carbocycles. The van der Waals surface area contributed by atoms with Crippen molar-refractivity contribution >= 4 is 22.7 Å². The molecule has 124 valence electrons. The van der Waals surface area contributed by atoms with Gasteiger partial charge in [0.15, 0.2) is 5.65 Å². The predicted molar refractivity (Wildman–Crippen MR) is 97.9 cm³/mol. The monoisotopic (exact) mass is 330 g/mol. The molecular formula is C19H18N6. The largest absolute Gasteiger partial charge is 0.340 e. The molecule has 0 atom stereocenters. The number of aryl methyl sites for hydroxylation is 2. The Morgan fingerprint density at radius 1 is 1.00 bits per heavy atom. The molecule has 4 aromatic rings. The Hall–Kier alpha value is -3.28. The maximum absolute atomic E-state index is 4.52. The second-order valence-electron chi connectivity index (χ2n) is 6.01. The Morgan fingerprint density at radius 2 is 1.88 bits per heavy atom. The van der Waals surface area contributed by atoms with Gasteiger partial charge in [-0.15, -0.1) is 0 Å². The SMILES string of the molecule is Cc1cc(C)n(Cc2cccc(Nc3ccc4nccnc4n3)c2)n1. The number of rotatable bonds is 4. The van der Waals surface area contributed by atoms with Crippen molar-refractivity contribution in [1.82, 2.24) is 24.7 Å². The van der Waals surface area contributed by atoms with E-state index in [9.17, 15) is 0 Å². The maximum atomic E-state index is 4.52. The fourth-order valence-electron chi connectivity index (χ4n) is 2.83. The van der Waals surface area contributed by atoms with Crippen LogP contribution in [0.15, 0.2) is 54.9 Å². The van der Waals surface area contributed by atoms with E-state index in [0.29, 0.717) is 5.65 Å². The van der Waals surface area contributed by atoms with E-state index in [1.54, 1.807) is 12.4 Å². The molecule has 0 unspecified atom stereocenters. The molecule has 0 spiro atoms. The van der Waals surface area contributed by atoms with Gasteiger partial charge in [0.05, 0.1) is 12.2 Å². The van der Waals surface area contributed by atoms with Crippen LogP contribution in [0.2, 0.25) is 0 Å². The van der Waals surface area contributed by atoms with Gasteiger partial charge in [-0.1, -0.05) is 12.1 Å². The van der Waals surface area contributed by atoms with Crippen LogP contribution in [0.25, 0.3) is 11.2 Å². The first kappa shape index (κ1) is 15.3. The van der Waals surface area contributed by atoms with Gasteiger partial charge in [0, 0.05) is 23.8 Å². The van der Waals surface area contributed by atoms with Gasteiger partial charge in [0.25, 0.3) is 0 Å². The molecule has 0 aliphatic carbocycles. The maximum Gasteiger partial charge on any atom is 0.180 e. The third-order valence-electron chi connectivity index (χ3n) is 3.97. The highest BCUT2D eigenvalue weighted by Gasteiger charge is 2.04. The first-order chi connectivity index (χ1) is 12.2. The van der Waals surface area contributed by atoms with Crippen LogP contribution in [0.5, 0.6) is 0 Å². The lowest BCUT2D eigenvalue weighted by Gasteiger charge is -2.09. The summed E-state index contributed by atoms with van der Waals surface area (Å²) in [6.07, 6.45) is 3.31. The number of fused-ring (bicyclic) bond motifs is 1. The van der Waals surface area contributed by atoms with Crippen molar-refractivity contribution in [2.24, 2.45) is 0 Å². The van der Waals surface area contributed by atoms with Crippen molar-refractivity contribution in [2.45, 2.75) is 20.4 Å². The standard InChI is InChI=1S/C19H18N6/c1-13-10-14(2)25(24-13)12-15-4-3-5-16(11-15)22-18-7-6-17-19(23-18)21-9-8-20-17/h3-11H,12H2,1-2H3,(H,21,22,23). The first-order valence-corrected chi connectivity index (χ1v) is 8.12. The minimum Gasteiger partial charge on any atom is -0.340 e. The Balaban J connectivity index is 1.57. The van der Waals surface area contributed by atoms with Crippen molar-refractivity contribution in [3.05, 3.63) is 71.8 Å². The molecular weight excluding hydrogens is 312 g/mol. The molecule has 1 N–H and O–H groups in total. The molecule has 0 saturated carbocycles. The fraction of sp³-hybridized carbons (Fsp3) is 0.158. The van der Waals surface area contributed by atoms with Crippen molar-refractivity contribution in [3.63, 3.8) is 0 Å². The zero-order chi connectivity index (χ0) is 17.2. The molecule has 4 rings (SSSR count). The molecule has 6 nitrogen and oxygen atoms in total. The van der Waals surface area contributed by atoms with Crippen LogP contribution in [0, 0.1) is 13.8 Å². The highest BCUT2D eigenvalue weighted by atomic mass is 15.3. The zero-order valence-corrected chi connectivity index (χ0v) is 14.1. The number of nitrogens with one attached hydrogen (secondary N) is 1. The number of pyridine rings is 1. The van der Waals surface area contributed by atoms with Gasteiger partial charge in [-0.2, -0.15) is 5.10 Å². The molecule has 0 fully saturated rings. The summed E-state index contributed by atoms with van der Waals surface area (Å²) in [6, 6.07) is 14.2. The summed E-state index contributed by atoms with van der Waals surface area (Å²) < 4.78 is 2.01. The van der Waals surface area contributed by atoms with Crippen molar-refractivity contribution in [2.75, 3.05) is 5.32 Å². The highest BCUT2D eigenvalue weighted by molar-refractivity contribution is 5.72. The van der Waals surface area contributed by atoms with Gasteiger partial charge < -0.3 is 5.32 Å². The van der Waals surface area contributed by atoms with E-state index in [1.807, 2.05) is 35.9 Å². The van der Waals surface area contributed by atoms with E-state index < -0.39 is 0 Å². The Labute approximate surface area is 145 Å². The summed E-state index contributed by atoms with van der Waals surface area (Å²) in [6.45, 7) is 4.82. The predicted octanol–water partition coefficient (Wildman–Crippen LogP) is 3.63. The number of anilines is 2. The fourth-order valence-corrected chi connectivity index (χ4v) is 2.83.